The fraction of sp³-hybridized carbons (Fsp3) is 0.567. The Balaban J connectivity index is 1.62. The molecule has 1 aliphatic heterocycles. The first-order valence-electron chi connectivity index (χ1n) is 14.7. The molecule has 10 nitrogen and oxygen atoms in total. The number of nitrogens with zero attached hydrogens (tertiary/aromatic N) is 5. The second-order valence-corrected chi connectivity index (χ2v) is 21.4. The van der Waals surface area contributed by atoms with Crippen LogP contribution < -0.4 is 9.04 Å². The predicted octanol–water partition coefficient (Wildman–Crippen LogP) is 6.55. The van der Waals surface area contributed by atoms with Gasteiger partial charge in [-0.3, -0.25) is 4.90 Å². The van der Waals surface area contributed by atoms with Crippen LogP contribution in [0.4, 0.5) is 5.82 Å². The Morgan fingerprint density at radius 3 is 2.47 bits per heavy atom. The van der Waals surface area contributed by atoms with Crippen molar-refractivity contribution >= 4 is 39.8 Å². The molecule has 0 fully saturated rings. The van der Waals surface area contributed by atoms with Crippen LogP contribution >= 0.6 is 15.9 Å². The van der Waals surface area contributed by atoms with Gasteiger partial charge in [-0.25, -0.2) is 22.7 Å². The minimum absolute atomic E-state index is 0.0438. The number of anilines is 1. The zero-order valence-electron chi connectivity index (χ0n) is 26.5. The van der Waals surface area contributed by atoms with Gasteiger partial charge in [0.05, 0.1) is 11.5 Å². The van der Waals surface area contributed by atoms with Gasteiger partial charge in [-0.05, 0) is 65.5 Å². The van der Waals surface area contributed by atoms with Gasteiger partial charge in [0.2, 0.25) is 5.82 Å². The van der Waals surface area contributed by atoms with E-state index < -0.39 is 18.1 Å². The van der Waals surface area contributed by atoms with E-state index in [2.05, 4.69) is 62.5 Å². The summed E-state index contributed by atoms with van der Waals surface area (Å²) in [4.78, 5) is 11.1. The van der Waals surface area contributed by atoms with Crippen molar-refractivity contribution in [3.63, 3.8) is 0 Å². The highest BCUT2D eigenvalue weighted by atomic mass is 79.9. The summed E-state index contributed by atoms with van der Waals surface area (Å²) in [5, 5.41) is 4.20. The van der Waals surface area contributed by atoms with Gasteiger partial charge in [-0.1, -0.05) is 51.6 Å². The third-order valence-electron chi connectivity index (χ3n) is 7.50. The SMILES string of the molecule is CCOc1ncc([C@@H](C)N2CCc3ccc(S(=O)(=O)N(COCC[Si](C)(C)C)c4noc(C(C)(C)C)c4Br)cc3C2)cn1. The first kappa shape index (κ1) is 33.6. The first-order chi connectivity index (χ1) is 20.1. The normalized spacial score (nSPS) is 15.3. The molecule has 3 heterocycles. The lowest BCUT2D eigenvalue weighted by molar-refractivity contribution is 0.155. The van der Waals surface area contributed by atoms with E-state index >= 15 is 0 Å². The Hall–Kier alpha value is -2.32. The van der Waals surface area contributed by atoms with Crippen LogP contribution in [0.15, 0.2) is 44.5 Å². The second kappa shape index (κ2) is 13.4. The number of rotatable bonds is 12. The number of hydrogen-bond acceptors (Lipinski definition) is 9. The summed E-state index contributed by atoms with van der Waals surface area (Å²) < 4.78 is 47.2. The highest BCUT2D eigenvalue weighted by molar-refractivity contribution is 9.10. The molecule has 0 spiro atoms. The Morgan fingerprint density at radius 2 is 1.86 bits per heavy atom. The van der Waals surface area contributed by atoms with E-state index in [1.807, 2.05) is 33.8 Å². The lowest BCUT2D eigenvalue weighted by Crippen LogP contribution is -2.36. The van der Waals surface area contributed by atoms with Crippen molar-refractivity contribution in [2.24, 2.45) is 0 Å². The molecule has 1 aromatic carbocycles. The highest BCUT2D eigenvalue weighted by Gasteiger charge is 2.35. The van der Waals surface area contributed by atoms with Crippen LogP contribution in [0.3, 0.4) is 0 Å². The molecule has 0 N–H and O–H groups in total. The summed E-state index contributed by atoms with van der Waals surface area (Å²) in [7, 11) is -5.41. The number of halogens is 1. The Labute approximate surface area is 265 Å². The van der Waals surface area contributed by atoms with Crippen molar-refractivity contribution in [3.8, 4) is 6.01 Å². The highest BCUT2D eigenvalue weighted by Crippen LogP contribution is 2.39. The summed E-state index contributed by atoms with van der Waals surface area (Å²) in [6.07, 6.45) is 4.40. The quantitative estimate of drug-likeness (QED) is 0.118. The molecule has 236 valence electrons. The fourth-order valence-electron chi connectivity index (χ4n) is 4.79. The summed E-state index contributed by atoms with van der Waals surface area (Å²) in [5.74, 6) is 0.750. The molecule has 43 heavy (non-hydrogen) atoms. The zero-order valence-corrected chi connectivity index (χ0v) is 29.9. The Bertz CT molecular complexity index is 1500. The number of sulfonamides is 1. The van der Waals surface area contributed by atoms with Gasteiger partial charge >= 0.3 is 6.01 Å². The van der Waals surface area contributed by atoms with Crippen LogP contribution in [0.5, 0.6) is 6.01 Å². The Kier molecular flexibility index (Phi) is 10.4. The molecule has 0 bridgehead atoms. The first-order valence-corrected chi connectivity index (χ1v) is 20.6. The van der Waals surface area contributed by atoms with E-state index in [1.54, 1.807) is 24.5 Å². The average molecular weight is 695 g/mol. The molecule has 0 saturated heterocycles. The summed E-state index contributed by atoms with van der Waals surface area (Å²) in [5.41, 5.74) is 2.71. The van der Waals surface area contributed by atoms with Crippen LogP contribution in [0.2, 0.25) is 25.7 Å². The minimum Gasteiger partial charge on any atom is -0.464 e. The molecule has 13 heteroatoms. The van der Waals surface area contributed by atoms with Gasteiger partial charge in [-0.15, -0.1) is 0 Å². The number of benzene rings is 1. The van der Waals surface area contributed by atoms with Crippen LogP contribution in [0, 0.1) is 0 Å². The van der Waals surface area contributed by atoms with E-state index in [9.17, 15) is 8.42 Å². The van der Waals surface area contributed by atoms with E-state index in [4.69, 9.17) is 14.0 Å². The molecule has 4 rings (SSSR count). The third-order valence-corrected chi connectivity index (χ3v) is 11.6. The maximum Gasteiger partial charge on any atom is 0.316 e. The van der Waals surface area contributed by atoms with Crippen molar-refractivity contribution < 1.29 is 22.4 Å². The topological polar surface area (TPSA) is 111 Å². The molecular weight excluding hydrogens is 650 g/mol. The van der Waals surface area contributed by atoms with Crippen LogP contribution in [-0.2, 0) is 33.1 Å². The van der Waals surface area contributed by atoms with Crippen LogP contribution in [0.25, 0.3) is 0 Å². The van der Waals surface area contributed by atoms with E-state index in [1.165, 1.54) is 4.31 Å². The number of hydrogen-bond donors (Lipinski definition) is 0. The smallest absolute Gasteiger partial charge is 0.316 e. The maximum atomic E-state index is 14.3. The monoisotopic (exact) mass is 693 g/mol. The zero-order chi connectivity index (χ0) is 31.6. The fourth-order valence-corrected chi connectivity index (χ4v) is 7.97. The van der Waals surface area contributed by atoms with E-state index in [-0.39, 0.29) is 28.9 Å². The van der Waals surface area contributed by atoms with Crippen molar-refractivity contribution in [1.29, 1.82) is 0 Å². The molecule has 3 aromatic rings. The van der Waals surface area contributed by atoms with Crippen molar-refractivity contribution in [2.45, 2.75) is 89.6 Å². The van der Waals surface area contributed by atoms with Gasteiger partial charge in [-0.2, -0.15) is 0 Å². The molecule has 0 unspecified atom stereocenters. The molecule has 1 atom stereocenters. The Morgan fingerprint density at radius 1 is 1.16 bits per heavy atom. The molecule has 2 aromatic heterocycles. The maximum absolute atomic E-state index is 14.3. The van der Waals surface area contributed by atoms with Gasteiger partial charge < -0.3 is 14.0 Å². The van der Waals surface area contributed by atoms with Gasteiger partial charge in [0.15, 0.2) is 5.76 Å². The standard InChI is InChI=1S/C30H44BrN5O5SSi/c1-9-40-29-32-17-24(18-33-29)21(2)35-13-12-22-10-11-25(16-23(22)19-35)42(37,38)36(20-39-14-15-43(6,7)8)28-26(31)27(41-34-28)30(3,4)5/h10-11,16-18,21H,9,12-15,19-20H2,1-8H3/t21-/m1/s1. The predicted molar refractivity (Wildman–Crippen MR) is 174 cm³/mol. The van der Waals surface area contributed by atoms with Crippen molar-refractivity contribution in [2.75, 3.05) is 30.8 Å². The van der Waals surface area contributed by atoms with Crippen LogP contribution in [0.1, 0.15) is 63.1 Å². The lowest BCUT2D eigenvalue weighted by Gasteiger charge is -2.34. The molecule has 0 aliphatic carbocycles. The second-order valence-electron chi connectivity index (χ2n) is 13.2. The lowest BCUT2D eigenvalue weighted by atomic mass is 9.93. The van der Waals surface area contributed by atoms with Gasteiger partial charge in [0.25, 0.3) is 10.0 Å². The van der Waals surface area contributed by atoms with E-state index in [0.29, 0.717) is 36.0 Å². The van der Waals surface area contributed by atoms with Crippen molar-refractivity contribution in [1.82, 2.24) is 20.0 Å². The summed E-state index contributed by atoms with van der Waals surface area (Å²) in [6, 6.07) is 6.71. The van der Waals surface area contributed by atoms with E-state index in [0.717, 1.165) is 35.7 Å². The number of fused-ring (bicyclic) bond motifs is 1. The number of ether oxygens (including phenoxy) is 2. The van der Waals surface area contributed by atoms with Gasteiger partial charge in [0.1, 0.15) is 11.2 Å². The third kappa shape index (κ3) is 8.04. The number of aromatic nitrogens is 3. The van der Waals surface area contributed by atoms with Crippen LogP contribution in [-0.4, -0.2) is 63.0 Å². The molecule has 0 radical (unpaired) electrons. The van der Waals surface area contributed by atoms with Gasteiger partial charge in [0, 0.05) is 57.2 Å². The minimum atomic E-state index is -4.04. The molecule has 0 saturated carbocycles. The summed E-state index contributed by atoms with van der Waals surface area (Å²) >= 11 is 3.58. The summed E-state index contributed by atoms with van der Waals surface area (Å²) in [6.45, 7) is 19.0. The molecule has 1 aliphatic rings. The largest absolute Gasteiger partial charge is 0.464 e. The molecule has 0 amide bonds. The van der Waals surface area contributed by atoms with Crippen molar-refractivity contribution in [3.05, 3.63) is 57.5 Å². The average Bonchev–Trinajstić information content (AvgIpc) is 3.33. The molecular formula is C30H44BrN5O5SSi.